The lowest BCUT2D eigenvalue weighted by Gasteiger charge is -2.38. The number of nitrogens with zero attached hydrogens (tertiary/aromatic N) is 4. The van der Waals surface area contributed by atoms with Gasteiger partial charge in [0, 0.05) is 63.3 Å². The van der Waals surface area contributed by atoms with Gasteiger partial charge in [-0.3, -0.25) is 9.78 Å². The van der Waals surface area contributed by atoms with E-state index in [0.29, 0.717) is 13.1 Å². The topological polar surface area (TPSA) is 94.1 Å². The van der Waals surface area contributed by atoms with Crippen LogP contribution < -0.4 is 4.90 Å². The standard InChI is InChI=1S/C25H28N4O4S/c30-23-3-1-21-18-24(4-2-20(21)17-23)34(32,33)29-15-13-28(14-16-29)25(31)19-7-11-27(12-8-19)22-5-9-26-10-6-22/h1-6,9-10,17-19,30H,7-8,11-16H2. The van der Waals surface area contributed by atoms with E-state index < -0.39 is 10.0 Å². The van der Waals surface area contributed by atoms with Gasteiger partial charge in [-0.05, 0) is 60.0 Å². The number of hydrogen-bond acceptors (Lipinski definition) is 6. The van der Waals surface area contributed by atoms with Gasteiger partial charge in [0.25, 0.3) is 0 Å². The molecule has 1 N–H and O–H groups in total. The number of fused-ring (bicyclic) bond motifs is 1. The molecule has 0 aliphatic carbocycles. The lowest BCUT2D eigenvalue weighted by Crippen LogP contribution is -2.52. The fourth-order valence-electron chi connectivity index (χ4n) is 4.87. The first kappa shape index (κ1) is 22.6. The number of piperidine rings is 1. The number of rotatable bonds is 4. The van der Waals surface area contributed by atoms with Gasteiger partial charge in [-0.1, -0.05) is 12.1 Å². The van der Waals surface area contributed by atoms with Crippen molar-refractivity contribution in [2.24, 2.45) is 5.92 Å². The van der Waals surface area contributed by atoms with Crippen molar-refractivity contribution in [1.82, 2.24) is 14.2 Å². The van der Waals surface area contributed by atoms with Crippen molar-refractivity contribution in [3.63, 3.8) is 0 Å². The highest BCUT2D eigenvalue weighted by Crippen LogP contribution is 2.27. The predicted octanol–water partition coefficient (Wildman–Crippen LogP) is 2.69. The molecule has 0 bridgehead atoms. The highest BCUT2D eigenvalue weighted by molar-refractivity contribution is 7.89. The minimum atomic E-state index is -3.65. The molecule has 9 heteroatoms. The highest BCUT2D eigenvalue weighted by Gasteiger charge is 2.34. The summed E-state index contributed by atoms with van der Waals surface area (Å²) in [5, 5.41) is 11.2. The van der Waals surface area contributed by atoms with Crippen molar-refractivity contribution in [3.05, 3.63) is 60.9 Å². The zero-order valence-electron chi connectivity index (χ0n) is 18.9. The summed E-state index contributed by atoms with van der Waals surface area (Å²) in [6.07, 6.45) is 5.16. The maximum Gasteiger partial charge on any atom is 0.243 e. The van der Waals surface area contributed by atoms with E-state index in [4.69, 9.17) is 0 Å². The molecule has 0 unspecified atom stereocenters. The van der Waals surface area contributed by atoms with Crippen molar-refractivity contribution >= 4 is 32.4 Å². The summed E-state index contributed by atoms with van der Waals surface area (Å²) in [7, 11) is -3.65. The van der Waals surface area contributed by atoms with Gasteiger partial charge in [0.15, 0.2) is 0 Å². The highest BCUT2D eigenvalue weighted by atomic mass is 32.2. The van der Waals surface area contributed by atoms with Crippen LogP contribution in [0.15, 0.2) is 65.8 Å². The molecule has 0 saturated carbocycles. The molecule has 3 aromatic rings. The summed E-state index contributed by atoms with van der Waals surface area (Å²) in [5.41, 5.74) is 1.13. The number of carbonyl (C=O) groups is 1. The largest absolute Gasteiger partial charge is 0.508 e. The molecule has 2 aromatic carbocycles. The van der Waals surface area contributed by atoms with Crippen LogP contribution in [-0.4, -0.2) is 72.9 Å². The zero-order chi connectivity index (χ0) is 23.7. The van der Waals surface area contributed by atoms with E-state index in [2.05, 4.69) is 9.88 Å². The fourth-order valence-corrected chi connectivity index (χ4v) is 6.33. The zero-order valence-corrected chi connectivity index (χ0v) is 19.7. The molecular formula is C25H28N4O4S. The molecule has 2 saturated heterocycles. The molecule has 0 spiro atoms. The van der Waals surface area contributed by atoms with E-state index in [1.807, 2.05) is 17.0 Å². The number of aromatic hydroxyl groups is 1. The summed E-state index contributed by atoms with van der Waals surface area (Å²) < 4.78 is 27.9. The molecule has 3 heterocycles. The van der Waals surface area contributed by atoms with Gasteiger partial charge < -0.3 is 14.9 Å². The molecule has 8 nitrogen and oxygen atoms in total. The number of amides is 1. The average Bonchev–Trinajstić information content (AvgIpc) is 2.88. The van der Waals surface area contributed by atoms with E-state index >= 15 is 0 Å². The summed E-state index contributed by atoms with van der Waals surface area (Å²) in [4.78, 5) is 21.5. The number of carbonyl (C=O) groups excluding carboxylic acids is 1. The van der Waals surface area contributed by atoms with Crippen LogP contribution >= 0.6 is 0 Å². The maximum atomic E-state index is 13.2. The van der Waals surface area contributed by atoms with Gasteiger partial charge in [-0.25, -0.2) is 8.42 Å². The minimum Gasteiger partial charge on any atom is -0.508 e. The Bertz CT molecular complexity index is 1280. The Balaban J connectivity index is 1.19. The summed E-state index contributed by atoms with van der Waals surface area (Å²) in [5.74, 6) is 0.266. The average molecular weight is 481 g/mol. The van der Waals surface area contributed by atoms with Crippen LogP contribution in [0.3, 0.4) is 0 Å². The Kier molecular flexibility index (Phi) is 6.14. The second-order valence-electron chi connectivity index (χ2n) is 8.89. The van der Waals surface area contributed by atoms with Crippen LogP contribution in [0.25, 0.3) is 10.8 Å². The van der Waals surface area contributed by atoms with Gasteiger partial charge >= 0.3 is 0 Å². The number of aromatic nitrogens is 1. The van der Waals surface area contributed by atoms with Crippen molar-refractivity contribution < 1.29 is 18.3 Å². The Morgan fingerprint density at radius 1 is 0.853 bits per heavy atom. The number of pyridine rings is 1. The van der Waals surface area contributed by atoms with Crippen LogP contribution in [-0.2, 0) is 14.8 Å². The number of phenolic OH excluding ortho intramolecular Hbond substituents is 1. The van der Waals surface area contributed by atoms with Crippen LogP contribution in [0.5, 0.6) is 5.75 Å². The first-order chi connectivity index (χ1) is 16.4. The number of hydrogen-bond donors (Lipinski definition) is 1. The van der Waals surface area contributed by atoms with Gasteiger partial charge in [-0.2, -0.15) is 4.31 Å². The Morgan fingerprint density at radius 3 is 2.21 bits per heavy atom. The molecule has 2 aliphatic heterocycles. The molecule has 0 atom stereocenters. The van der Waals surface area contributed by atoms with Crippen molar-refractivity contribution in [2.75, 3.05) is 44.2 Å². The molecule has 2 fully saturated rings. The summed E-state index contributed by atoms with van der Waals surface area (Å²) in [6.45, 7) is 3.05. The minimum absolute atomic E-state index is 0.0156. The number of sulfonamides is 1. The Labute approximate surface area is 199 Å². The molecule has 0 radical (unpaired) electrons. The third-order valence-electron chi connectivity index (χ3n) is 6.86. The summed E-state index contributed by atoms with van der Waals surface area (Å²) in [6, 6.07) is 13.8. The second-order valence-corrected chi connectivity index (χ2v) is 10.8. The molecule has 1 amide bonds. The third kappa shape index (κ3) is 4.45. The number of piperazine rings is 1. The first-order valence-electron chi connectivity index (χ1n) is 11.6. The van der Waals surface area contributed by atoms with E-state index in [-0.39, 0.29) is 35.6 Å². The van der Waals surface area contributed by atoms with E-state index in [9.17, 15) is 18.3 Å². The fraction of sp³-hybridized carbons (Fsp3) is 0.360. The van der Waals surface area contributed by atoms with E-state index in [0.717, 1.165) is 42.4 Å². The molecular weight excluding hydrogens is 452 g/mol. The van der Waals surface area contributed by atoms with E-state index in [1.54, 1.807) is 48.8 Å². The number of phenols is 1. The summed E-state index contributed by atoms with van der Waals surface area (Å²) >= 11 is 0. The van der Waals surface area contributed by atoms with Gasteiger partial charge in [0.2, 0.25) is 15.9 Å². The van der Waals surface area contributed by atoms with E-state index in [1.165, 1.54) is 4.31 Å². The van der Waals surface area contributed by atoms with Gasteiger partial charge in [-0.15, -0.1) is 0 Å². The molecule has 1 aromatic heterocycles. The Hall–Kier alpha value is -3.17. The molecule has 5 rings (SSSR count). The van der Waals surface area contributed by atoms with Crippen LogP contribution in [0.1, 0.15) is 12.8 Å². The van der Waals surface area contributed by atoms with Crippen LogP contribution in [0.4, 0.5) is 5.69 Å². The van der Waals surface area contributed by atoms with Crippen LogP contribution in [0.2, 0.25) is 0 Å². The predicted molar refractivity (Wildman–Crippen MR) is 130 cm³/mol. The quantitative estimate of drug-likeness (QED) is 0.617. The van der Waals surface area contributed by atoms with Crippen LogP contribution in [0, 0.1) is 5.92 Å². The SMILES string of the molecule is O=C(C1CCN(c2ccncc2)CC1)N1CCN(S(=O)(=O)c2ccc3cc(O)ccc3c2)CC1. The first-order valence-corrected chi connectivity index (χ1v) is 13.0. The van der Waals surface area contributed by atoms with Crippen molar-refractivity contribution in [1.29, 1.82) is 0 Å². The lowest BCUT2D eigenvalue weighted by molar-refractivity contribution is -0.137. The lowest BCUT2D eigenvalue weighted by atomic mass is 9.94. The monoisotopic (exact) mass is 480 g/mol. The van der Waals surface area contributed by atoms with Gasteiger partial charge in [0.05, 0.1) is 4.90 Å². The number of benzene rings is 2. The maximum absolute atomic E-state index is 13.2. The second kappa shape index (κ2) is 9.23. The van der Waals surface area contributed by atoms with Gasteiger partial charge in [0.1, 0.15) is 5.75 Å². The molecule has 34 heavy (non-hydrogen) atoms. The number of anilines is 1. The van der Waals surface area contributed by atoms with Crippen molar-refractivity contribution in [3.8, 4) is 5.75 Å². The normalized spacial score (nSPS) is 18.4. The van der Waals surface area contributed by atoms with Crippen molar-refractivity contribution in [2.45, 2.75) is 17.7 Å². The third-order valence-corrected chi connectivity index (χ3v) is 8.75. The molecule has 2 aliphatic rings. The smallest absolute Gasteiger partial charge is 0.243 e. The Morgan fingerprint density at radius 2 is 1.50 bits per heavy atom. The molecule has 178 valence electrons.